The van der Waals surface area contributed by atoms with Crippen LogP contribution in [0, 0.1) is 0 Å². The highest BCUT2D eigenvalue weighted by atomic mass is 16.1. The second-order valence-corrected chi connectivity index (χ2v) is 8.02. The fourth-order valence-corrected chi connectivity index (χ4v) is 4.00. The molecule has 0 saturated carbocycles. The first-order chi connectivity index (χ1) is 14.1. The number of rotatable bonds is 5. The van der Waals surface area contributed by atoms with Crippen molar-refractivity contribution in [1.82, 2.24) is 25.0 Å². The van der Waals surface area contributed by atoms with Gasteiger partial charge in [0.1, 0.15) is 0 Å². The summed E-state index contributed by atoms with van der Waals surface area (Å²) in [4.78, 5) is 20.5. The van der Waals surface area contributed by atoms with Crippen molar-refractivity contribution in [2.75, 3.05) is 19.6 Å². The van der Waals surface area contributed by atoms with E-state index in [9.17, 15) is 4.79 Å². The molecule has 0 atom stereocenters. The Hall–Kier alpha value is -2.73. The van der Waals surface area contributed by atoms with Crippen LogP contribution >= 0.6 is 0 Å². The second kappa shape index (κ2) is 8.33. The van der Waals surface area contributed by atoms with Gasteiger partial charge in [-0.3, -0.25) is 4.79 Å². The Labute approximate surface area is 171 Å². The highest BCUT2D eigenvalue weighted by Gasteiger charge is 2.23. The Bertz CT molecular complexity index is 987. The van der Waals surface area contributed by atoms with Crippen LogP contribution < -0.4 is 5.32 Å². The minimum Gasteiger partial charge on any atom is -0.349 e. The number of aromatic nitrogens is 3. The van der Waals surface area contributed by atoms with Crippen molar-refractivity contribution < 1.29 is 4.79 Å². The lowest BCUT2D eigenvalue weighted by molar-refractivity contribution is 0.0914. The molecule has 3 heterocycles. The van der Waals surface area contributed by atoms with Crippen molar-refractivity contribution >= 4 is 16.9 Å². The van der Waals surface area contributed by atoms with E-state index >= 15 is 0 Å². The molecule has 6 nitrogen and oxygen atoms in total. The molecule has 0 radical (unpaired) electrons. The SMILES string of the molecule is CCN1CCC(NC(=O)c2cc(-c3ccccc3)nc3c2cnn3C(C)C)CC1. The van der Waals surface area contributed by atoms with Crippen LogP contribution in [-0.2, 0) is 0 Å². The van der Waals surface area contributed by atoms with Gasteiger partial charge in [0, 0.05) is 30.7 Å². The summed E-state index contributed by atoms with van der Waals surface area (Å²) in [7, 11) is 0. The molecule has 1 saturated heterocycles. The van der Waals surface area contributed by atoms with Gasteiger partial charge in [-0.2, -0.15) is 5.10 Å². The summed E-state index contributed by atoms with van der Waals surface area (Å²) in [5.41, 5.74) is 3.20. The van der Waals surface area contributed by atoms with E-state index in [0.29, 0.717) is 5.56 Å². The summed E-state index contributed by atoms with van der Waals surface area (Å²) in [5, 5.41) is 8.57. The van der Waals surface area contributed by atoms with E-state index in [1.54, 1.807) is 6.20 Å². The molecular formula is C23H29N5O. The van der Waals surface area contributed by atoms with Crippen molar-refractivity contribution in [3.8, 4) is 11.3 Å². The van der Waals surface area contributed by atoms with Crippen molar-refractivity contribution in [1.29, 1.82) is 0 Å². The number of nitrogens with zero attached hydrogens (tertiary/aromatic N) is 4. The van der Waals surface area contributed by atoms with Gasteiger partial charge >= 0.3 is 0 Å². The monoisotopic (exact) mass is 391 g/mol. The van der Waals surface area contributed by atoms with Gasteiger partial charge in [-0.05, 0) is 39.3 Å². The number of piperidine rings is 1. The van der Waals surface area contributed by atoms with E-state index in [4.69, 9.17) is 4.98 Å². The molecule has 1 aliphatic rings. The van der Waals surface area contributed by atoms with Crippen LogP contribution in [0.4, 0.5) is 0 Å². The number of hydrogen-bond acceptors (Lipinski definition) is 4. The number of carbonyl (C=O) groups excluding carboxylic acids is 1. The van der Waals surface area contributed by atoms with Crippen LogP contribution in [0.25, 0.3) is 22.3 Å². The Kier molecular flexibility index (Phi) is 5.62. The number of likely N-dealkylation sites (tertiary alicyclic amines) is 1. The number of hydrogen-bond donors (Lipinski definition) is 1. The van der Waals surface area contributed by atoms with Gasteiger partial charge < -0.3 is 10.2 Å². The third-order valence-electron chi connectivity index (χ3n) is 5.74. The molecule has 1 amide bonds. The van der Waals surface area contributed by atoms with Gasteiger partial charge in [-0.1, -0.05) is 37.3 Å². The first-order valence-electron chi connectivity index (χ1n) is 10.5. The third-order valence-corrected chi connectivity index (χ3v) is 5.74. The van der Waals surface area contributed by atoms with Gasteiger partial charge in [0.2, 0.25) is 0 Å². The van der Waals surface area contributed by atoms with Crippen LogP contribution in [0.1, 0.15) is 50.0 Å². The quantitative estimate of drug-likeness (QED) is 0.717. The minimum absolute atomic E-state index is 0.0344. The molecule has 3 aromatic rings. The van der Waals surface area contributed by atoms with Crippen molar-refractivity contribution in [2.24, 2.45) is 0 Å². The molecule has 1 aliphatic heterocycles. The number of amides is 1. The maximum Gasteiger partial charge on any atom is 0.252 e. The fourth-order valence-electron chi connectivity index (χ4n) is 4.00. The average Bonchev–Trinajstić information content (AvgIpc) is 3.18. The van der Waals surface area contributed by atoms with E-state index in [2.05, 4.69) is 36.1 Å². The molecule has 4 rings (SSSR count). The zero-order valence-corrected chi connectivity index (χ0v) is 17.4. The van der Waals surface area contributed by atoms with Gasteiger partial charge in [-0.15, -0.1) is 0 Å². The molecule has 0 unspecified atom stereocenters. The van der Waals surface area contributed by atoms with Gasteiger partial charge in [0.05, 0.1) is 22.8 Å². The number of pyridine rings is 1. The maximum atomic E-state index is 13.3. The summed E-state index contributed by atoms with van der Waals surface area (Å²) in [6, 6.07) is 12.3. The topological polar surface area (TPSA) is 63.1 Å². The lowest BCUT2D eigenvalue weighted by Gasteiger charge is -2.31. The lowest BCUT2D eigenvalue weighted by atomic mass is 10.0. The molecule has 29 heavy (non-hydrogen) atoms. The van der Waals surface area contributed by atoms with E-state index < -0.39 is 0 Å². The zero-order valence-electron chi connectivity index (χ0n) is 17.4. The van der Waals surface area contributed by atoms with Gasteiger partial charge in [0.25, 0.3) is 5.91 Å². The van der Waals surface area contributed by atoms with Crippen molar-refractivity contribution in [3.63, 3.8) is 0 Å². The van der Waals surface area contributed by atoms with Crippen molar-refractivity contribution in [2.45, 2.75) is 45.7 Å². The summed E-state index contributed by atoms with van der Waals surface area (Å²) >= 11 is 0. The summed E-state index contributed by atoms with van der Waals surface area (Å²) in [6.07, 6.45) is 3.75. The predicted octanol–water partition coefficient (Wildman–Crippen LogP) is 3.89. The number of benzene rings is 1. The summed E-state index contributed by atoms with van der Waals surface area (Å²) < 4.78 is 1.89. The molecule has 2 aromatic heterocycles. The standard InChI is InChI=1S/C23H29N5O/c1-4-27-12-10-18(11-13-27)25-23(29)19-14-21(17-8-6-5-7-9-17)26-22-20(19)15-24-28(22)16(2)3/h5-9,14-16,18H,4,10-13H2,1-3H3,(H,25,29). The molecular weight excluding hydrogens is 362 g/mol. The van der Waals surface area contributed by atoms with Crippen LogP contribution in [0.15, 0.2) is 42.6 Å². The number of fused-ring (bicyclic) bond motifs is 1. The van der Waals surface area contributed by atoms with Crippen LogP contribution in [0.5, 0.6) is 0 Å². The third kappa shape index (κ3) is 4.03. The Morgan fingerprint density at radius 1 is 1.21 bits per heavy atom. The van der Waals surface area contributed by atoms with E-state index in [1.165, 1.54) is 0 Å². The van der Waals surface area contributed by atoms with Crippen LogP contribution in [0.2, 0.25) is 0 Å². The molecule has 1 aromatic carbocycles. The number of carbonyl (C=O) groups is 1. The minimum atomic E-state index is -0.0344. The Balaban J connectivity index is 1.70. The number of nitrogens with one attached hydrogen (secondary N) is 1. The summed E-state index contributed by atoms with van der Waals surface area (Å²) in [5.74, 6) is -0.0344. The van der Waals surface area contributed by atoms with E-state index in [-0.39, 0.29) is 18.0 Å². The zero-order chi connectivity index (χ0) is 20.4. The molecule has 0 bridgehead atoms. The molecule has 0 spiro atoms. The first-order valence-corrected chi connectivity index (χ1v) is 10.5. The predicted molar refractivity (Wildman–Crippen MR) is 116 cm³/mol. The smallest absolute Gasteiger partial charge is 0.252 e. The fraction of sp³-hybridized carbons (Fsp3) is 0.435. The molecule has 1 N–H and O–H groups in total. The van der Waals surface area contributed by atoms with E-state index in [1.807, 2.05) is 41.1 Å². The van der Waals surface area contributed by atoms with E-state index in [0.717, 1.165) is 54.8 Å². The largest absolute Gasteiger partial charge is 0.349 e. The Morgan fingerprint density at radius 3 is 2.59 bits per heavy atom. The van der Waals surface area contributed by atoms with Gasteiger partial charge in [0.15, 0.2) is 5.65 Å². The highest BCUT2D eigenvalue weighted by molar-refractivity contribution is 6.06. The normalized spacial score (nSPS) is 15.9. The summed E-state index contributed by atoms with van der Waals surface area (Å²) in [6.45, 7) is 9.47. The van der Waals surface area contributed by atoms with Gasteiger partial charge in [-0.25, -0.2) is 9.67 Å². The van der Waals surface area contributed by atoms with Crippen LogP contribution in [-0.4, -0.2) is 51.2 Å². The molecule has 1 fully saturated rings. The lowest BCUT2D eigenvalue weighted by Crippen LogP contribution is -2.44. The molecule has 0 aliphatic carbocycles. The Morgan fingerprint density at radius 2 is 1.93 bits per heavy atom. The first kappa shape index (κ1) is 19.6. The second-order valence-electron chi connectivity index (χ2n) is 8.02. The molecule has 152 valence electrons. The average molecular weight is 392 g/mol. The maximum absolute atomic E-state index is 13.3. The molecule has 6 heteroatoms. The van der Waals surface area contributed by atoms with Crippen molar-refractivity contribution in [3.05, 3.63) is 48.2 Å². The highest BCUT2D eigenvalue weighted by Crippen LogP contribution is 2.26. The van der Waals surface area contributed by atoms with Crippen LogP contribution in [0.3, 0.4) is 0 Å².